The Kier molecular flexibility index (Phi) is 6.35. The third kappa shape index (κ3) is 4.43. The van der Waals surface area contributed by atoms with E-state index in [0.717, 1.165) is 17.3 Å². The number of halogens is 3. The zero-order chi connectivity index (χ0) is 23.0. The number of aromatic nitrogens is 2. The lowest BCUT2D eigenvalue weighted by molar-refractivity contribution is 0.103. The van der Waals surface area contributed by atoms with Crippen LogP contribution in [0.25, 0.3) is 0 Å². The molecule has 10 heteroatoms. The second-order valence-electron chi connectivity index (χ2n) is 7.72. The predicted molar refractivity (Wildman–Crippen MR) is 116 cm³/mol. The van der Waals surface area contributed by atoms with Crippen molar-refractivity contribution in [2.24, 2.45) is 7.05 Å². The van der Waals surface area contributed by atoms with Crippen molar-refractivity contribution in [2.75, 3.05) is 6.54 Å². The number of fused-ring (bicyclic) bond motifs is 1. The average molecular weight is 482 g/mol. The molecule has 0 aliphatic carbocycles. The van der Waals surface area contributed by atoms with Crippen LogP contribution in [0.15, 0.2) is 41.3 Å². The molecule has 0 radical (unpaired) electrons. The Bertz CT molecular complexity index is 1280. The van der Waals surface area contributed by atoms with Crippen LogP contribution in [0.2, 0.25) is 5.02 Å². The Morgan fingerprint density at radius 1 is 1.12 bits per heavy atom. The largest absolute Gasteiger partial charge is 0.370 e. The zero-order valence-electron chi connectivity index (χ0n) is 17.6. The van der Waals surface area contributed by atoms with Gasteiger partial charge in [0.15, 0.2) is 0 Å². The summed E-state index contributed by atoms with van der Waals surface area (Å²) in [6, 6.07) is 7.85. The van der Waals surface area contributed by atoms with Crippen LogP contribution in [0, 0.1) is 18.6 Å². The highest BCUT2D eigenvalue weighted by Crippen LogP contribution is 2.29. The van der Waals surface area contributed by atoms with Gasteiger partial charge in [0, 0.05) is 42.8 Å². The summed E-state index contributed by atoms with van der Waals surface area (Å²) >= 11 is 6.04. The Morgan fingerprint density at radius 3 is 2.59 bits per heavy atom. The molecular formula is C22H22ClF2N3O3S. The maximum Gasteiger partial charge on any atom is 0.243 e. The van der Waals surface area contributed by atoms with Crippen molar-refractivity contribution >= 4 is 21.6 Å². The van der Waals surface area contributed by atoms with Crippen LogP contribution in [0.3, 0.4) is 0 Å². The van der Waals surface area contributed by atoms with Crippen molar-refractivity contribution in [3.05, 3.63) is 81.1 Å². The topological polar surface area (TPSA) is 64.4 Å². The average Bonchev–Trinajstić information content (AvgIpc) is 3.06. The zero-order valence-corrected chi connectivity index (χ0v) is 19.2. The summed E-state index contributed by atoms with van der Waals surface area (Å²) in [5.41, 5.74) is 3.47. The predicted octanol–water partition coefficient (Wildman–Crippen LogP) is 4.12. The molecule has 4 rings (SSSR count). The molecule has 2 aromatic carbocycles. The smallest absolute Gasteiger partial charge is 0.243 e. The molecule has 0 unspecified atom stereocenters. The number of rotatable bonds is 6. The minimum Gasteiger partial charge on any atom is -0.370 e. The summed E-state index contributed by atoms with van der Waals surface area (Å²) in [5, 5.41) is 4.77. The molecule has 0 bridgehead atoms. The van der Waals surface area contributed by atoms with Crippen molar-refractivity contribution < 1.29 is 21.9 Å². The van der Waals surface area contributed by atoms with Crippen LogP contribution in [-0.2, 0) is 48.0 Å². The van der Waals surface area contributed by atoms with Crippen LogP contribution >= 0.6 is 11.6 Å². The minimum absolute atomic E-state index is 0.0337. The molecule has 1 aromatic heterocycles. The van der Waals surface area contributed by atoms with Gasteiger partial charge in [-0.3, -0.25) is 4.68 Å². The van der Waals surface area contributed by atoms with Gasteiger partial charge in [-0.2, -0.15) is 9.40 Å². The summed E-state index contributed by atoms with van der Waals surface area (Å²) < 4.78 is 62.2. The van der Waals surface area contributed by atoms with E-state index in [2.05, 4.69) is 5.10 Å². The molecule has 2 heterocycles. The van der Waals surface area contributed by atoms with E-state index in [1.165, 1.54) is 28.6 Å². The molecule has 0 fully saturated rings. The molecule has 0 amide bonds. The van der Waals surface area contributed by atoms with Crippen molar-refractivity contribution in [3.63, 3.8) is 0 Å². The third-order valence-corrected chi connectivity index (χ3v) is 7.91. The van der Waals surface area contributed by atoms with Gasteiger partial charge >= 0.3 is 0 Å². The van der Waals surface area contributed by atoms with Gasteiger partial charge in [0.2, 0.25) is 10.0 Å². The summed E-state index contributed by atoms with van der Waals surface area (Å²) in [6.07, 6.45) is 0.482. The fourth-order valence-electron chi connectivity index (χ4n) is 3.85. The van der Waals surface area contributed by atoms with Crippen molar-refractivity contribution in [1.29, 1.82) is 0 Å². The first-order valence-corrected chi connectivity index (χ1v) is 11.8. The molecule has 6 nitrogen and oxygen atoms in total. The maximum absolute atomic E-state index is 13.7. The number of sulfonamides is 1. The molecule has 0 spiro atoms. The normalized spacial score (nSPS) is 14.5. The second kappa shape index (κ2) is 8.90. The Hall–Kier alpha value is -2.33. The molecule has 3 aromatic rings. The highest BCUT2D eigenvalue weighted by atomic mass is 35.5. The van der Waals surface area contributed by atoms with E-state index < -0.39 is 21.7 Å². The first kappa shape index (κ1) is 22.8. The van der Waals surface area contributed by atoms with Crippen LogP contribution in [0.4, 0.5) is 8.78 Å². The molecule has 0 atom stereocenters. The van der Waals surface area contributed by atoms with Crippen molar-refractivity contribution in [2.45, 2.75) is 38.0 Å². The standard InChI is InChI=1S/C22H22ClF2N3O3S/c1-14-3-5-17(25)10-22(14)32(29,30)28-8-7-21-18(11-28)20(26-27(21)2)13-31-12-15-4-6-16(24)9-19(15)23/h3-6,9-10H,7-8,11-13H2,1-2H3. The van der Waals surface area contributed by atoms with Gasteiger partial charge in [0.1, 0.15) is 11.6 Å². The molecular weight excluding hydrogens is 460 g/mol. The minimum atomic E-state index is -3.88. The lowest BCUT2D eigenvalue weighted by atomic mass is 10.1. The van der Waals surface area contributed by atoms with E-state index in [0.29, 0.717) is 23.2 Å². The second-order valence-corrected chi connectivity index (χ2v) is 10.0. The summed E-state index contributed by atoms with van der Waals surface area (Å²) in [7, 11) is -2.07. The molecule has 1 aliphatic rings. The molecule has 0 saturated carbocycles. The highest BCUT2D eigenvalue weighted by molar-refractivity contribution is 7.89. The van der Waals surface area contributed by atoms with Gasteiger partial charge in [-0.05, 0) is 42.3 Å². The Balaban J connectivity index is 1.53. The summed E-state index contributed by atoms with van der Waals surface area (Å²) in [4.78, 5) is -0.0337. The van der Waals surface area contributed by atoms with Gasteiger partial charge in [0.25, 0.3) is 0 Å². The van der Waals surface area contributed by atoms with Gasteiger partial charge in [-0.1, -0.05) is 23.7 Å². The first-order chi connectivity index (χ1) is 15.2. The van der Waals surface area contributed by atoms with Gasteiger partial charge in [-0.25, -0.2) is 17.2 Å². The van der Waals surface area contributed by atoms with Crippen LogP contribution in [0.5, 0.6) is 0 Å². The highest BCUT2D eigenvalue weighted by Gasteiger charge is 2.33. The fourth-order valence-corrected chi connectivity index (χ4v) is 5.72. The molecule has 32 heavy (non-hydrogen) atoms. The number of nitrogens with zero attached hydrogens (tertiary/aromatic N) is 3. The van der Waals surface area contributed by atoms with E-state index in [1.54, 1.807) is 24.7 Å². The number of hydrogen-bond acceptors (Lipinski definition) is 4. The Morgan fingerprint density at radius 2 is 1.84 bits per heavy atom. The Labute approximate surface area is 190 Å². The SMILES string of the molecule is Cc1ccc(F)cc1S(=O)(=O)N1CCc2c(c(COCc3ccc(F)cc3Cl)nn2C)C1. The van der Waals surface area contributed by atoms with E-state index in [1.807, 2.05) is 0 Å². The van der Waals surface area contributed by atoms with E-state index in [4.69, 9.17) is 16.3 Å². The maximum atomic E-state index is 13.7. The molecule has 0 N–H and O–H groups in total. The lowest BCUT2D eigenvalue weighted by Gasteiger charge is -2.27. The fraction of sp³-hybridized carbons (Fsp3) is 0.318. The summed E-state index contributed by atoms with van der Waals surface area (Å²) in [6.45, 7) is 2.35. The van der Waals surface area contributed by atoms with Crippen LogP contribution < -0.4 is 0 Å². The van der Waals surface area contributed by atoms with Gasteiger partial charge < -0.3 is 4.74 Å². The third-order valence-electron chi connectivity index (χ3n) is 5.57. The van der Waals surface area contributed by atoms with Gasteiger partial charge in [-0.15, -0.1) is 0 Å². The molecule has 1 aliphatic heterocycles. The van der Waals surface area contributed by atoms with Gasteiger partial charge in [0.05, 0.1) is 23.8 Å². The number of benzene rings is 2. The number of aryl methyl sites for hydroxylation is 2. The quantitative estimate of drug-likeness (QED) is 0.531. The van der Waals surface area contributed by atoms with Crippen LogP contribution in [0.1, 0.15) is 28.1 Å². The van der Waals surface area contributed by atoms with Crippen molar-refractivity contribution in [1.82, 2.24) is 14.1 Å². The lowest BCUT2D eigenvalue weighted by Crippen LogP contribution is -2.36. The van der Waals surface area contributed by atoms with Crippen molar-refractivity contribution in [3.8, 4) is 0 Å². The molecule has 170 valence electrons. The number of hydrogen-bond donors (Lipinski definition) is 0. The summed E-state index contributed by atoms with van der Waals surface area (Å²) in [5.74, 6) is -1.02. The molecule has 0 saturated heterocycles. The van der Waals surface area contributed by atoms with E-state index in [9.17, 15) is 17.2 Å². The number of ether oxygens (including phenoxy) is 1. The monoisotopic (exact) mass is 481 g/mol. The van der Waals surface area contributed by atoms with E-state index >= 15 is 0 Å². The van der Waals surface area contributed by atoms with E-state index in [-0.39, 0.29) is 36.2 Å². The van der Waals surface area contributed by atoms with Crippen LogP contribution in [-0.4, -0.2) is 29.0 Å². The first-order valence-electron chi connectivity index (χ1n) is 9.98.